The Morgan fingerprint density at radius 2 is 2.00 bits per heavy atom. The minimum absolute atomic E-state index is 0.0375. The van der Waals surface area contributed by atoms with Gasteiger partial charge < -0.3 is 25.1 Å². The molecule has 0 saturated heterocycles. The zero-order valence-corrected chi connectivity index (χ0v) is 11.2. The average Bonchev–Trinajstić information content (AvgIpc) is 2.53. The van der Waals surface area contributed by atoms with E-state index in [0.29, 0.717) is 19.4 Å². The van der Waals surface area contributed by atoms with Gasteiger partial charge in [0.15, 0.2) is 5.79 Å². The van der Waals surface area contributed by atoms with Crippen molar-refractivity contribution in [2.24, 2.45) is 5.73 Å². The van der Waals surface area contributed by atoms with Crippen LogP contribution < -0.4 is 5.73 Å². The molecule has 3 unspecified atom stereocenters. The topological polar surface area (TPSA) is 91.0 Å². The largest absolute Gasteiger partial charge is 0.464 e. The fourth-order valence-electron chi connectivity index (χ4n) is 2.04. The quantitative estimate of drug-likeness (QED) is 0.523. The van der Waals surface area contributed by atoms with E-state index in [9.17, 15) is 9.90 Å². The molecule has 6 heteroatoms. The van der Waals surface area contributed by atoms with E-state index in [1.807, 2.05) is 0 Å². The third-order valence-corrected chi connectivity index (χ3v) is 2.65. The summed E-state index contributed by atoms with van der Waals surface area (Å²) in [5.74, 6) is -1.64. The van der Waals surface area contributed by atoms with Crippen molar-refractivity contribution in [3.63, 3.8) is 0 Å². The van der Waals surface area contributed by atoms with Crippen LogP contribution in [0.25, 0.3) is 0 Å². The Morgan fingerprint density at radius 1 is 1.39 bits per heavy atom. The van der Waals surface area contributed by atoms with Crippen LogP contribution in [0.3, 0.4) is 0 Å². The molecular weight excluding hydrogens is 238 g/mol. The summed E-state index contributed by atoms with van der Waals surface area (Å²) in [5.41, 5.74) is 5.84. The van der Waals surface area contributed by atoms with E-state index in [1.54, 1.807) is 20.8 Å². The second-order valence-corrected chi connectivity index (χ2v) is 4.99. The zero-order valence-electron chi connectivity index (χ0n) is 11.2. The average molecular weight is 261 g/mol. The summed E-state index contributed by atoms with van der Waals surface area (Å²) in [7, 11) is 0. The maximum Gasteiger partial charge on any atom is 0.332 e. The molecule has 0 bridgehead atoms. The number of ether oxygens (including phenoxy) is 3. The number of hydrogen-bond donors (Lipinski definition) is 2. The second-order valence-electron chi connectivity index (χ2n) is 4.99. The van der Waals surface area contributed by atoms with Gasteiger partial charge in [0, 0.05) is 6.04 Å². The van der Waals surface area contributed by atoms with Crippen molar-refractivity contribution in [2.75, 3.05) is 13.2 Å². The summed E-state index contributed by atoms with van der Waals surface area (Å²) in [6.45, 7) is 5.06. The third-order valence-electron chi connectivity index (χ3n) is 2.65. The zero-order chi connectivity index (χ0) is 13.8. The van der Waals surface area contributed by atoms with Gasteiger partial charge in [-0.25, -0.2) is 4.79 Å². The summed E-state index contributed by atoms with van der Waals surface area (Å²) in [5, 5.41) is 9.63. The van der Waals surface area contributed by atoms with Crippen molar-refractivity contribution in [1.29, 1.82) is 0 Å². The molecule has 0 aliphatic heterocycles. The molecule has 1 rings (SSSR count). The first-order valence-electron chi connectivity index (χ1n) is 6.25. The van der Waals surface area contributed by atoms with Gasteiger partial charge in [-0.2, -0.15) is 0 Å². The minimum Gasteiger partial charge on any atom is -0.464 e. The molecule has 0 aromatic heterocycles. The Hall–Kier alpha value is -0.690. The van der Waals surface area contributed by atoms with E-state index >= 15 is 0 Å². The Labute approximate surface area is 107 Å². The number of carbonyl (C=O) groups is 1. The van der Waals surface area contributed by atoms with Crippen molar-refractivity contribution < 1.29 is 24.1 Å². The van der Waals surface area contributed by atoms with Crippen LogP contribution in [0, 0.1) is 0 Å². The lowest BCUT2D eigenvalue weighted by Gasteiger charge is -2.27. The van der Waals surface area contributed by atoms with E-state index in [0.717, 1.165) is 0 Å². The molecule has 1 saturated carbocycles. The predicted molar refractivity (Wildman–Crippen MR) is 64.8 cm³/mol. The second kappa shape index (κ2) is 6.47. The van der Waals surface area contributed by atoms with Crippen LogP contribution in [0.5, 0.6) is 0 Å². The summed E-state index contributed by atoms with van der Waals surface area (Å²) in [6, 6.07) is -0.0375. The molecular formula is C12H23NO5. The van der Waals surface area contributed by atoms with Crippen molar-refractivity contribution in [2.45, 2.75) is 57.6 Å². The van der Waals surface area contributed by atoms with Crippen molar-refractivity contribution >= 4 is 5.97 Å². The number of aliphatic hydroxyl groups is 1. The van der Waals surface area contributed by atoms with Gasteiger partial charge in [0.25, 0.3) is 0 Å². The molecule has 0 spiro atoms. The standard InChI is InChI=1S/C12H23NO5/c1-4-16-11(14)7-17-9-5-8(13)6-10(9)18-12(2,3)15/h8-10,15H,4-7,13H2,1-3H3. The molecule has 0 radical (unpaired) electrons. The van der Waals surface area contributed by atoms with Gasteiger partial charge in [-0.3, -0.25) is 0 Å². The monoisotopic (exact) mass is 261 g/mol. The highest BCUT2D eigenvalue weighted by Crippen LogP contribution is 2.27. The van der Waals surface area contributed by atoms with E-state index in [1.165, 1.54) is 0 Å². The minimum atomic E-state index is -1.24. The van der Waals surface area contributed by atoms with E-state index in [2.05, 4.69) is 0 Å². The summed E-state index contributed by atoms with van der Waals surface area (Å²) >= 11 is 0. The smallest absolute Gasteiger partial charge is 0.332 e. The van der Waals surface area contributed by atoms with Gasteiger partial charge in [-0.05, 0) is 33.6 Å². The molecule has 18 heavy (non-hydrogen) atoms. The molecule has 3 N–H and O–H groups in total. The Balaban J connectivity index is 2.44. The van der Waals surface area contributed by atoms with Crippen molar-refractivity contribution in [3.8, 4) is 0 Å². The highest BCUT2D eigenvalue weighted by Gasteiger charge is 2.37. The highest BCUT2D eigenvalue weighted by atomic mass is 16.6. The number of nitrogens with two attached hydrogens (primary N) is 1. The fraction of sp³-hybridized carbons (Fsp3) is 0.917. The van der Waals surface area contributed by atoms with Gasteiger partial charge in [-0.15, -0.1) is 0 Å². The first kappa shape index (κ1) is 15.4. The SMILES string of the molecule is CCOC(=O)COC1CC(N)CC1OC(C)(C)O. The number of rotatable bonds is 6. The maximum absolute atomic E-state index is 11.2. The summed E-state index contributed by atoms with van der Waals surface area (Å²) in [4.78, 5) is 11.2. The van der Waals surface area contributed by atoms with E-state index < -0.39 is 11.8 Å². The van der Waals surface area contributed by atoms with Crippen LogP contribution in [0.1, 0.15) is 33.6 Å². The Morgan fingerprint density at radius 3 is 2.56 bits per heavy atom. The van der Waals surface area contributed by atoms with Gasteiger partial charge >= 0.3 is 5.97 Å². The highest BCUT2D eigenvalue weighted by molar-refractivity contribution is 5.70. The lowest BCUT2D eigenvalue weighted by atomic mass is 10.2. The van der Waals surface area contributed by atoms with Crippen LogP contribution >= 0.6 is 0 Å². The molecule has 3 atom stereocenters. The van der Waals surface area contributed by atoms with Crippen LogP contribution in [-0.2, 0) is 19.0 Å². The maximum atomic E-state index is 11.2. The number of esters is 1. The van der Waals surface area contributed by atoms with Crippen LogP contribution in [0.2, 0.25) is 0 Å². The normalized spacial score (nSPS) is 28.4. The van der Waals surface area contributed by atoms with E-state index in [4.69, 9.17) is 19.9 Å². The van der Waals surface area contributed by atoms with Gasteiger partial charge in [0.2, 0.25) is 0 Å². The number of hydrogen-bond acceptors (Lipinski definition) is 6. The molecule has 0 amide bonds. The predicted octanol–water partition coefficient (Wildman–Crippen LogP) is 0.169. The molecule has 6 nitrogen and oxygen atoms in total. The first-order valence-corrected chi connectivity index (χ1v) is 6.25. The summed E-state index contributed by atoms with van der Waals surface area (Å²) in [6.07, 6.45) is 0.641. The van der Waals surface area contributed by atoms with Gasteiger partial charge in [0.05, 0.1) is 18.8 Å². The fourth-order valence-corrected chi connectivity index (χ4v) is 2.04. The molecule has 1 fully saturated rings. The Kier molecular flexibility index (Phi) is 5.52. The van der Waals surface area contributed by atoms with Crippen LogP contribution in [-0.4, -0.2) is 48.3 Å². The lowest BCUT2D eigenvalue weighted by molar-refractivity contribution is -0.224. The Bertz CT molecular complexity index is 276. The van der Waals surface area contributed by atoms with Gasteiger partial charge in [-0.1, -0.05) is 0 Å². The molecule has 0 heterocycles. The first-order chi connectivity index (χ1) is 8.31. The number of carbonyl (C=O) groups excluding carboxylic acids is 1. The molecule has 0 aromatic carbocycles. The lowest BCUT2D eigenvalue weighted by Crippen LogP contribution is -2.36. The molecule has 0 aromatic rings. The van der Waals surface area contributed by atoms with Crippen molar-refractivity contribution in [3.05, 3.63) is 0 Å². The third kappa shape index (κ3) is 5.30. The van der Waals surface area contributed by atoms with Crippen molar-refractivity contribution in [1.82, 2.24) is 0 Å². The van der Waals surface area contributed by atoms with Crippen LogP contribution in [0.4, 0.5) is 0 Å². The summed E-state index contributed by atoms with van der Waals surface area (Å²) < 4.78 is 15.7. The van der Waals surface area contributed by atoms with Crippen LogP contribution in [0.15, 0.2) is 0 Å². The van der Waals surface area contributed by atoms with Gasteiger partial charge in [0.1, 0.15) is 6.61 Å². The molecule has 106 valence electrons. The van der Waals surface area contributed by atoms with E-state index in [-0.39, 0.29) is 24.9 Å². The molecule has 1 aliphatic carbocycles. The molecule has 1 aliphatic rings.